The van der Waals surface area contributed by atoms with E-state index in [-0.39, 0.29) is 6.10 Å². The van der Waals surface area contributed by atoms with Gasteiger partial charge in [0.2, 0.25) is 0 Å². The smallest absolute Gasteiger partial charge is 0.160 e. The first-order valence-electron chi connectivity index (χ1n) is 8.55. The highest BCUT2D eigenvalue weighted by molar-refractivity contribution is 5.37. The highest BCUT2D eigenvalue weighted by atomic mass is 16.3. The van der Waals surface area contributed by atoms with E-state index in [1.165, 1.54) is 12.8 Å². The largest absolute Gasteiger partial charge is 0.391 e. The summed E-state index contributed by atoms with van der Waals surface area (Å²) in [5.74, 6) is 1.58. The van der Waals surface area contributed by atoms with Crippen molar-refractivity contribution >= 4 is 5.65 Å². The monoisotopic (exact) mass is 300 g/mol. The highest BCUT2D eigenvalue weighted by Gasteiger charge is 2.32. The van der Waals surface area contributed by atoms with Crippen LogP contribution in [0.5, 0.6) is 0 Å². The number of hydrogen-bond acceptors (Lipinski definition) is 4. The predicted octanol–water partition coefficient (Wildman–Crippen LogP) is 2.21. The summed E-state index contributed by atoms with van der Waals surface area (Å²) in [5.41, 5.74) is 0.933. The summed E-state index contributed by atoms with van der Waals surface area (Å²) in [7, 11) is 0. The van der Waals surface area contributed by atoms with Crippen LogP contribution in [-0.2, 0) is 0 Å². The zero-order valence-corrected chi connectivity index (χ0v) is 12.9. The summed E-state index contributed by atoms with van der Waals surface area (Å²) in [4.78, 5) is 2.50. The predicted molar refractivity (Wildman–Crippen MR) is 84.8 cm³/mol. The fraction of sp³-hybridized carbons (Fsp3) is 0.647. The Morgan fingerprint density at radius 3 is 2.64 bits per heavy atom. The number of fused-ring (bicyclic) bond motifs is 1. The van der Waals surface area contributed by atoms with Gasteiger partial charge in [0.25, 0.3) is 0 Å². The Hall–Kier alpha value is -1.46. The highest BCUT2D eigenvalue weighted by Crippen LogP contribution is 2.31. The van der Waals surface area contributed by atoms with Crippen LogP contribution in [0.1, 0.15) is 50.3 Å². The Kier molecular flexibility index (Phi) is 3.84. The van der Waals surface area contributed by atoms with Gasteiger partial charge in [-0.1, -0.05) is 18.9 Å². The molecule has 0 radical (unpaired) electrons. The standard InChI is InChI=1S/C17H24N4O/c22-15-6-2-1-5-14(15)20-11-8-13(9-12-20)17-19-18-16-7-3-4-10-21(16)17/h3-4,7,10,13-15,22H,1-2,5-6,8-9,11-12H2. The lowest BCUT2D eigenvalue weighted by molar-refractivity contribution is 0.00830. The molecule has 1 N–H and O–H groups in total. The van der Waals surface area contributed by atoms with Crippen molar-refractivity contribution in [2.45, 2.75) is 56.6 Å². The molecule has 1 aliphatic carbocycles. The van der Waals surface area contributed by atoms with E-state index in [0.717, 1.165) is 50.2 Å². The quantitative estimate of drug-likeness (QED) is 0.924. The topological polar surface area (TPSA) is 53.7 Å². The van der Waals surface area contributed by atoms with Crippen LogP contribution in [-0.4, -0.2) is 49.8 Å². The third-order valence-corrected chi connectivity index (χ3v) is 5.40. The Morgan fingerprint density at radius 1 is 1.00 bits per heavy atom. The van der Waals surface area contributed by atoms with Gasteiger partial charge in [-0.3, -0.25) is 9.30 Å². The molecule has 22 heavy (non-hydrogen) atoms. The van der Waals surface area contributed by atoms with Crippen molar-refractivity contribution in [1.29, 1.82) is 0 Å². The van der Waals surface area contributed by atoms with E-state index in [1.54, 1.807) is 0 Å². The van der Waals surface area contributed by atoms with Crippen molar-refractivity contribution in [2.75, 3.05) is 13.1 Å². The van der Waals surface area contributed by atoms with Gasteiger partial charge in [0.05, 0.1) is 6.10 Å². The van der Waals surface area contributed by atoms with Crippen molar-refractivity contribution in [1.82, 2.24) is 19.5 Å². The van der Waals surface area contributed by atoms with Gasteiger partial charge in [-0.25, -0.2) is 0 Å². The van der Waals surface area contributed by atoms with Crippen LogP contribution >= 0.6 is 0 Å². The Morgan fingerprint density at radius 2 is 1.82 bits per heavy atom. The van der Waals surface area contributed by atoms with Crippen LogP contribution < -0.4 is 0 Å². The van der Waals surface area contributed by atoms with Gasteiger partial charge in [-0.15, -0.1) is 10.2 Å². The molecule has 0 spiro atoms. The van der Waals surface area contributed by atoms with E-state index in [0.29, 0.717) is 12.0 Å². The van der Waals surface area contributed by atoms with Gasteiger partial charge in [0, 0.05) is 18.2 Å². The second kappa shape index (κ2) is 5.97. The fourth-order valence-corrected chi connectivity index (χ4v) is 4.15. The lowest BCUT2D eigenvalue weighted by atomic mass is 9.88. The molecule has 1 saturated heterocycles. The molecule has 2 fully saturated rings. The number of pyridine rings is 1. The van der Waals surface area contributed by atoms with Gasteiger partial charge < -0.3 is 5.11 Å². The first-order valence-corrected chi connectivity index (χ1v) is 8.55. The summed E-state index contributed by atoms with van der Waals surface area (Å²) in [5, 5.41) is 18.9. The first-order chi connectivity index (χ1) is 10.8. The molecule has 1 aliphatic heterocycles. The van der Waals surface area contributed by atoms with Crippen LogP contribution in [0, 0.1) is 0 Å². The summed E-state index contributed by atoms with van der Waals surface area (Å²) < 4.78 is 2.12. The molecular formula is C17H24N4O. The van der Waals surface area contributed by atoms with E-state index < -0.39 is 0 Å². The number of rotatable bonds is 2. The molecule has 0 aromatic carbocycles. The summed E-state index contributed by atoms with van der Waals surface area (Å²) >= 11 is 0. The average Bonchev–Trinajstić information content (AvgIpc) is 3.00. The molecular weight excluding hydrogens is 276 g/mol. The number of aromatic nitrogens is 3. The van der Waals surface area contributed by atoms with Crippen molar-refractivity contribution < 1.29 is 5.11 Å². The fourth-order valence-electron chi connectivity index (χ4n) is 4.15. The van der Waals surface area contributed by atoms with Crippen LogP contribution in [0.15, 0.2) is 24.4 Å². The summed E-state index contributed by atoms with van der Waals surface area (Å²) in [6.45, 7) is 2.13. The molecule has 1 saturated carbocycles. The zero-order valence-electron chi connectivity index (χ0n) is 12.9. The maximum absolute atomic E-state index is 10.2. The lowest BCUT2D eigenvalue weighted by Crippen LogP contribution is -2.48. The minimum atomic E-state index is -0.126. The minimum Gasteiger partial charge on any atom is -0.391 e. The summed E-state index contributed by atoms with van der Waals surface area (Å²) in [6.07, 6.45) is 8.72. The minimum absolute atomic E-state index is 0.126. The van der Waals surface area contributed by atoms with Crippen LogP contribution in [0.2, 0.25) is 0 Å². The molecule has 0 amide bonds. The number of aliphatic hydroxyl groups is 1. The SMILES string of the molecule is OC1CCCCC1N1CCC(c2nnc3ccccn23)CC1. The van der Waals surface area contributed by atoms with Gasteiger partial charge >= 0.3 is 0 Å². The van der Waals surface area contributed by atoms with E-state index in [4.69, 9.17) is 0 Å². The molecule has 2 unspecified atom stereocenters. The molecule has 2 aliphatic rings. The van der Waals surface area contributed by atoms with Crippen molar-refractivity contribution in [2.24, 2.45) is 0 Å². The number of piperidine rings is 1. The van der Waals surface area contributed by atoms with Crippen LogP contribution in [0.3, 0.4) is 0 Å². The zero-order chi connectivity index (χ0) is 14.9. The maximum Gasteiger partial charge on any atom is 0.160 e. The molecule has 0 bridgehead atoms. The molecule has 5 heteroatoms. The van der Waals surface area contributed by atoms with E-state index in [2.05, 4.69) is 25.7 Å². The first kappa shape index (κ1) is 14.2. The van der Waals surface area contributed by atoms with Crippen molar-refractivity contribution in [3.63, 3.8) is 0 Å². The second-order valence-electron chi connectivity index (χ2n) is 6.72. The molecule has 4 rings (SSSR count). The van der Waals surface area contributed by atoms with Crippen LogP contribution in [0.4, 0.5) is 0 Å². The Balaban J connectivity index is 1.45. The third-order valence-electron chi connectivity index (χ3n) is 5.40. The maximum atomic E-state index is 10.2. The molecule has 2 atom stereocenters. The molecule has 2 aromatic rings. The molecule has 2 aromatic heterocycles. The van der Waals surface area contributed by atoms with E-state index >= 15 is 0 Å². The lowest BCUT2D eigenvalue weighted by Gasteiger charge is -2.41. The third kappa shape index (κ3) is 2.52. The van der Waals surface area contributed by atoms with Crippen molar-refractivity contribution in [3.05, 3.63) is 30.2 Å². The number of nitrogens with zero attached hydrogens (tertiary/aromatic N) is 4. The number of likely N-dealkylation sites (tertiary alicyclic amines) is 1. The van der Waals surface area contributed by atoms with Gasteiger partial charge in [0.15, 0.2) is 5.65 Å². The van der Waals surface area contributed by atoms with Crippen molar-refractivity contribution in [3.8, 4) is 0 Å². The Bertz CT molecular complexity index is 632. The molecule has 3 heterocycles. The Labute approximate surface area is 131 Å². The average molecular weight is 300 g/mol. The summed E-state index contributed by atoms with van der Waals surface area (Å²) in [6, 6.07) is 6.42. The molecule has 5 nitrogen and oxygen atoms in total. The van der Waals surface area contributed by atoms with Gasteiger partial charge in [-0.05, 0) is 50.9 Å². The van der Waals surface area contributed by atoms with Gasteiger partial charge in [0.1, 0.15) is 5.82 Å². The number of aliphatic hydroxyl groups excluding tert-OH is 1. The van der Waals surface area contributed by atoms with Crippen LogP contribution in [0.25, 0.3) is 5.65 Å². The van der Waals surface area contributed by atoms with E-state index in [1.807, 2.05) is 18.2 Å². The second-order valence-corrected chi connectivity index (χ2v) is 6.72. The van der Waals surface area contributed by atoms with E-state index in [9.17, 15) is 5.11 Å². The molecule has 118 valence electrons. The van der Waals surface area contributed by atoms with Gasteiger partial charge in [-0.2, -0.15) is 0 Å². The normalized spacial score (nSPS) is 28.2. The number of hydrogen-bond donors (Lipinski definition) is 1.